The van der Waals surface area contributed by atoms with Crippen molar-refractivity contribution in [1.82, 2.24) is 0 Å². The van der Waals surface area contributed by atoms with E-state index in [0.29, 0.717) is 5.92 Å². The molecule has 3 heteroatoms. The summed E-state index contributed by atoms with van der Waals surface area (Å²) in [5.74, 6) is 0.640. The van der Waals surface area contributed by atoms with Crippen molar-refractivity contribution in [2.45, 2.75) is 32.6 Å². The lowest BCUT2D eigenvalue weighted by atomic mass is 10.0. The first-order valence-electron chi connectivity index (χ1n) is 3.82. The standard InChI is InChI=1S/C7H13NOP/c1-2-6-4-3-5-7(6)8-10-9/h6,10H,2-5H2,1H3/q-1. The number of hydrogen-bond acceptors (Lipinski definition) is 2. The van der Waals surface area contributed by atoms with E-state index in [1.807, 2.05) is 0 Å². The highest BCUT2D eigenvalue weighted by atomic mass is 31.1. The highest BCUT2D eigenvalue weighted by Gasteiger charge is 2.19. The van der Waals surface area contributed by atoms with Gasteiger partial charge in [-0.3, -0.25) is 4.76 Å². The van der Waals surface area contributed by atoms with Crippen molar-refractivity contribution in [2.24, 2.45) is 10.7 Å². The smallest absolute Gasteiger partial charge is 0.0180 e. The van der Waals surface area contributed by atoms with Gasteiger partial charge in [0.15, 0.2) is 0 Å². The lowest BCUT2D eigenvalue weighted by Crippen LogP contribution is -2.04. The van der Waals surface area contributed by atoms with E-state index >= 15 is 0 Å². The Morgan fingerprint density at radius 1 is 1.80 bits per heavy atom. The van der Waals surface area contributed by atoms with Gasteiger partial charge >= 0.3 is 0 Å². The third kappa shape index (κ3) is 1.77. The molecule has 2 nitrogen and oxygen atoms in total. The van der Waals surface area contributed by atoms with Crippen LogP contribution < -0.4 is 4.89 Å². The van der Waals surface area contributed by atoms with Crippen molar-refractivity contribution in [3.63, 3.8) is 0 Å². The first kappa shape index (κ1) is 8.16. The first-order chi connectivity index (χ1) is 4.88. The minimum atomic E-state index is -0.481. The zero-order valence-electron chi connectivity index (χ0n) is 6.26. The SMILES string of the molecule is CCC1CCCC1=NP[O-]. The van der Waals surface area contributed by atoms with Crippen molar-refractivity contribution in [1.29, 1.82) is 0 Å². The second-order valence-electron chi connectivity index (χ2n) is 2.69. The summed E-state index contributed by atoms with van der Waals surface area (Å²) in [6.45, 7) is 2.17. The van der Waals surface area contributed by atoms with Gasteiger partial charge in [0.2, 0.25) is 0 Å². The second kappa shape index (κ2) is 4.05. The molecule has 1 saturated carbocycles. The van der Waals surface area contributed by atoms with Crippen molar-refractivity contribution >= 4 is 14.7 Å². The van der Waals surface area contributed by atoms with Gasteiger partial charge in [-0.2, -0.15) is 0 Å². The average molecular weight is 158 g/mol. The quantitative estimate of drug-likeness (QED) is 0.561. The summed E-state index contributed by atoms with van der Waals surface area (Å²) >= 11 is 0. The Bertz CT molecular complexity index is 136. The predicted molar refractivity (Wildman–Crippen MR) is 43.4 cm³/mol. The largest absolute Gasteiger partial charge is 0.814 e. The van der Waals surface area contributed by atoms with Crippen LogP contribution in [0, 0.1) is 5.92 Å². The summed E-state index contributed by atoms with van der Waals surface area (Å²) in [5, 5.41) is 0. The molecule has 0 heterocycles. The molecular formula is C7H13NOP-. The molecule has 58 valence electrons. The van der Waals surface area contributed by atoms with Gasteiger partial charge in [0.1, 0.15) is 0 Å². The molecule has 0 aromatic rings. The summed E-state index contributed by atoms with van der Waals surface area (Å²) in [7, 11) is -0.481. The van der Waals surface area contributed by atoms with Crippen LogP contribution in [0.4, 0.5) is 0 Å². The van der Waals surface area contributed by atoms with E-state index in [2.05, 4.69) is 11.7 Å². The molecule has 0 N–H and O–H groups in total. The van der Waals surface area contributed by atoms with Gasteiger partial charge in [-0.25, -0.2) is 0 Å². The maximum Gasteiger partial charge on any atom is 0.0180 e. The molecule has 10 heavy (non-hydrogen) atoms. The first-order valence-corrected chi connectivity index (χ1v) is 4.67. The zero-order valence-corrected chi connectivity index (χ0v) is 7.26. The van der Waals surface area contributed by atoms with Crippen LogP contribution in [-0.4, -0.2) is 5.71 Å². The molecule has 0 radical (unpaired) electrons. The van der Waals surface area contributed by atoms with Gasteiger partial charge in [-0.15, -0.1) is 0 Å². The molecule has 0 aliphatic heterocycles. The predicted octanol–water partition coefficient (Wildman–Crippen LogP) is 1.51. The Labute approximate surface area is 63.7 Å². The van der Waals surface area contributed by atoms with Crippen LogP contribution in [0.3, 0.4) is 0 Å². The maximum absolute atomic E-state index is 10.2. The summed E-state index contributed by atoms with van der Waals surface area (Å²) in [4.78, 5) is 10.2. The van der Waals surface area contributed by atoms with Gasteiger partial charge in [-0.05, 0) is 31.6 Å². The molecule has 0 saturated heterocycles. The minimum Gasteiger partial charge on any atom is -0.814 e. The molecule has 0 bridgehead atoms. The van der Waals surface area contributed by atoms with E-state index < -0.39 is 8.96 Å². The van der Waals surface area contributed by atoms with Gasteiger partial charge in [0, 0.05) is 5.71 Å². The zero-order chi connectivity index (χ0) is 7.40. The monoisotopic (exact) mass is 158 g/mol. The Morgan fingerprint density at radius 3 is 3.20 bits per heavy atom. The number of nitrogens with zero attached hydrogens (tertiary/aromatic N) is 1. The highest BCUT2D eigenvalue weighted by molar-refractivity contribution is 7.28. The lowest BCUT2D eigenvalue weighted by Gasteiger charge is -2.07. The fourth-order valence-electron chi connectivity index (χ4n) is 1.55. The Morgan fingerprint density at radius 2 is 2.60 bits per heavy atom. The molecule has 1 fully saturated rings. The van der Waals surface area contributed by atoms with E-state index in [4.69, 9.17) is 0 Å². The van der Waals surface area contributed by atoms with Crippen LogP contribution >= 0.6 is 8.96 Å². The molecule has 0 aromatic carbocycles. The molecule has 1 rings (SSSR count). The summed E-state index contributed by atoms with van der Waals surface area (Å²) in [5.41, 5.74) is 1.19. The summed E-state index contributed by atoms with van der Waals surface area (Å²) in [6.07, 6.45) is 4.72. The summed E-state index contributed by atoms with van der Waals surface area (Å²) < 4.78 is 3.96. The Kier molecular flexibility index (Phi) is 3.30. The minimum absolute atomic E-state index is 0.481. The maximum atomic E-state index is 10.2. The van der Waals surface area contributed by atoms with Crippen molar-refractivity contribution in [3.8, 4) is 0 Å². The van der Waals surface area contributed by atoms with Crippen LogP contribution in [0.2, 0.25) is 0 Å². The normalized spacial score (nSPS) is 31.0. The third-order valence-electron chi connectivity index (χ3n) is 2.14. The van der Waals surface area contributed by atoms with Crippen molar-refractivity contribution in [3.05, 3.63) is 0 Å². The van der Waals surface area contributed by atoms with E-state index in [0.717, 1.165) is 12.8 Å². The van der Waals surface area contributed by atoms with Crippen LogP contribution in [0.15, 0.2) is 4.76 Å². The van der Waals surface area contributed by atoms with Crippen LogP contribution in [0.5, 0.6) is 0 Å². The van der Waals surface area contributed by atoms with E-state index in [1.165, 1.54) is 18.6 Å². The molecule has 0 amide bonds. The second-order valence-corrected chi connectivity index (χ2v) is 3.10. The fourth-order valence-corrected chi connectivity index (χ4v) is 1.96. The van der Waals surface area contributed by atoms with Crippen molar-refractivity contribution in [2.75, 3.05) is 0 Å². The lowest BCUT2D eigenvalue weighted by molar-refractivity contribution is -0.150. The van der Waals surface area contributed by atoms with Gasteiger partial charge in [0.25, 0.3) is 0 Å². The highest BCUT2D eigenvalue weighted by Crippen LogP contribution is 2.26. The van der Waals surface area contributed by atoms with Crippen LogP contribution in [-0.2, 0) is 0 Å². The summed E-state index contributed by atoms with van der Waals surface area (Å²) in [6, 6.07) is 0. The van der Waals surface area contributed by atoms with E-state index in [-0.39, 0.29) is 0 Å². The Hall–Kier alpha value is 0.0600. The fraction of sp³-hybridized carbons (Fsp3) is 0.857. The molecular weight excluding hydrogens is 145 g/mol. The molecule has 2 unspecified atom stereocenters. The van der Waals surface area contributed by atoms with Crippen molar-refractivity contribution < 1.29 is 4.89 Å². The number of rotatable bonds is 2. The topological polar surface area (TPSA) is 35.4 Å². The van der Waals surface area contributed by atoms with Crippen LogP contribution in [0.25, 0.3) is 0 Å². The third-order valence-corrected chi connectivity index (χ3v) is 2.52. The van der Waals surface area contributed by atoms with Crippen LogP contribution in [0.1, 0.15) is 32.6 Å². The molecule has 1 aliphatic carbocycles. The molecule has 0 spiro atoms. The Balaban J connectivity index is 2.49. The molecule has 1 aliphatic rings. The number of hydrogen-bond donors (Lipinski definition) is 0. The van der Waals surface area contributed by atoms with Gasteiger partial charge < -0.3 is 4.89 Å². The van der Waals surface area contributed by atoms with Gasteiger partial charge in [0.05, 0.1) is 0 Å². The van der Waals surface area contributed by atoms with E-state index in [9.17, 15) is 4.89 Å². The molecule has 2 atom stereocenters. The van der Waals surface area contributed by atoms with E-state index in [1.54, 1.807) is 0 Å². The molecule has 0 aromatic heterocycles. The van der Waals surface area contributed by atoms with Gasteiger partial charge in [-0.1, -0.05) is 15.9 Å². The average Bonchev–Trinajstić information content (AvgIpc) is 2.36.